The van der Waals surface area contributed by atoms with E-state index in [2.05, 4.69) is 41.2 Å². The van der Waals surface area contributed by atoms with E-state index in [1.165, 1.54) is 12.8 Å². The predicted octanol–water partition coefficient (Wildman–Crippen LogP) is 2.64. The van der Waals surface area contributed by atoms with Gasteiger partial charge in [0.05, 0.1) is 24.5 Å². The van der Waals surface area contributed by atoms with Crippen molar-refractivity contribution in [1.29, 1.82) is 0 Å². The first-order chi connectivity index (χ1) is 14.7. The molecule has 1 amide bonds. The lowest BCUT2D eigenvalue weighted by Crippen LogP contribution is -2.40. The maximum Gasteiger partial charge on any atom is 0.255 e. The van der Waals surface area contributed by atoms with E-state index in [0.29, 0.717) is 24.7 Å². The van der Waals surface area contributed by atoms with Crippen LogP contribution in [0.15, 0.2) is 43.0 Å². The molecule has 0 N–H and O–H groups in total. The van der Waals surface area contributed by atoms with Crippen molar-refractivity contribution < 1.29 is 4.79 Å². The number of nitrogens with zero attached hydrogens (tertiary/aromatic N) is 8. The van der Waals surface area contributed by atoms with Gasteiger partial charge in [0.25, 0.3) is 5.91 Å². The van der Waals surface area contributed by atoms with Crippen LogP contribution in [-0.4, -0.2) is 51.6 Å². The number of rotatable bonds is 3. The minimum atomic E-state index is -0.0640. The normalized spacial score (nSPS) is 18.6. The van der Waals surface area contributed by atoms with Crippen LogP contribution >= 0.6 is 0 Å². The summed E-state index contributed by atoms with van der Waals surface area (Å²) in [6.45, 7) is 3.04. The molecule has 9 nitrogen and oxygen atoms in total. The van der Waals surface area contributed by atoms with Gasteiger partial charge in [0, 0.05) is 25.0 Å². The zero-order chi connectivity index (χ0) is 20.2. The summed E-state index contributed by atoms with van der Waals surface area (Å²) < 4.78 is 4.18. The largest absolute Gasteiger partial charge is 0.329 e. The number of carbonyl (C=O) groups excluding carboxylic acids is 1. The van der Waals surface area contributed by atoms with Crippen LogP contribution in [0.4, 0.5) is 0 Å². The Balaban J connectivity index is 1.29. The van der Waals surface area contributed by atoms with Crippen molar-refractivity contribution in [3.05, 3.63) is 54.4 Å². The van der Waals surface area contributed by atoms with Crippen LogP contribution in [0.1, 0.15) is 48.0 Å². The molecule has 0 aromatic carbocycles. The smallest absolute Gasteiger partial charge is 0.255 e. The number of hydrogen-bond acceptors (Lipinski definition) is 6. The first kappa shape index (κ1) is 17.3. The van der Waals surface area contributed by atoms with E-state index >= 15 is 0 Å². The van der Waals surface area contributed by atoms with E-state index < -0.39 is 0 Å². The van der Waals surface area contributed by atoms with E-state index in [0.717, 1.165) is 28.5 Å². The molecule has 1 aliphatic heterocycles. The second-order valence-electron chi connectivity index (χ2n) is 8.01. The summed E-state index contributed by atoms with van der Waals surface area (Å²) in [5.41, 5.74) is 2.94. The zero-order valence-electron chi connectivity index (χ0n) is 16.5. The predicted molar refractivity (Wildman–Crippen MR) is 109 cm³/mol. The number of fused-ring (bicyclic) bond motifs is 2. The highest BCUT2D eigenvalue weighted by Gasteiger charge is 2.31. The number of imidazole rings is 1. The maximum atomic E-state index is 13.2. The molecule has 2 aliphatic rings. The first-order valence-electron chi connectivity index (χ1n) is 10.2. The molecule has 1 atom stereocenters. The second-order valence-corrected chi connectivity index (χ2v) is 8.01. The Morgan fingerprint density at radius 3 is 2.83 bits per heavy atom. The van der Waals surface area contributed by atoms with Crippen LogP contribution in [0.2, 0.25) is 0 Å². The molecule has 1 fully saturated rings. The van der Waals surface area contributed by atoms with Gasteiger partial charge >= 0.3 is 0 Å². The standard InChI is InChI=1S/C21H20N8O/c1-13-10-27(11-18-25-26-20(29(13)18)16-4-2-3-7-22-16)21(30)14-8-17-19(23-9-14)28(12-24-17)15-5-6-15/h2-4,7-9,12-13,15H,5-6,10-11H2,1H3/t13-/m0/s1. The van der Waals surface area contributed by atoms with Gasteiger partial charge in [-0.1, -0.05) is 6.07 Å². The van der Waals surface area contributed by atoms with Gasteiger partial charge in [0.15, 0.2) is 17.3 Å². The summed E-state index contributed by atoms with van der Waals surface area (Å²) in [6.07, 6.45) is 7.57. The van der Waals surface area contributed by atoms with Crippen molar-refractivity contribution in [3.8, 4) is 11.5 Å². The molecule has 4 aromatic rings. The lowest BCUT2D eigenvalue weighted by atomic mass is 10.1. The summed E-state index contributed by atoms with van der Waals surface area (Å²) in [5.74, 6) is 1.43. The first-order valence-corrected chi connectivity index (χ1v) is 10.2. The summed E-state index contributed by atoms with van der Waals surface area (Å²) in [6, 6.07) is 8.11. The average Bonchev–Trinajstić information content (AvgIpc) is 3.38. The van der Waals surface area contributed by atoms with Gasteiger partial charge in [-0.3, -0.25) is 9.78 Å². The van der Waals surface area contributed by atoms with Crippen molar-refractivity contribution >= 4 is 17.1 Å². The van der Waals surface area contributed by atoms with Gasteiger partial charge < -0.3 is 14.0 Å². The SMILES string of the molecule is C[C@H]1CN(C(=O)c2cnc3c(c2)ncn3C2CC2)Cc2nnc(-c3ccccn3)n21. The number of amides is 1. The molecule has 5 heterocycles. The fraction of sp³-hybridized carbons (Fsp3) is 0.333. The molecular formula is C21H20N8O. The van der Waals surface area contributed by atoms with E-state index in [1.807, 2.05) is 30.6 Å². The maximum absolute atomic E-state index is 13.2. The highest BCUT2D eigenvalue weighted by atomic mass is 16.2. The number of carbonyl (C=O) groups is 1. The fourth-order valence-electron chi connectivity index (χ4n) is 4.19. The molecule has 1 aliphatic carbocycles. The lowest BCUT2D eigenvalue weighted by Gasteiger charge is -2.32. The molecule has 0 bridgehead atoms. The van der Waals surface area contributed by atoms with Crippen LogP contribution in [0.5, 0.6) is 0 Å². The number of hydrogen-bond donors (Lipinski definition) is 0. The van der Waals surface area contributed by atoms with Gasteiger partial charge in [-0.05, 0) is 38.0 Å². The molecule has 150 valence electrons. The number of pyridine rings is 2. The van der Waals surface area contributed by atoms with Crippen LogP contribution in [0, 0.1) is 0 Å². The third-order valence-corrected chi connectivity index (χ3v) is 5.81. The van der Waals surface area contributed by atoms with Crippen molar-refractivity contribution in [3.63, 3.8) is 0 Å². The van der Waals surface area contributed by atoms with Crippen LogP contribution in [0.25, 0.3) is 22.7 Å². The van der Waals surface area contributed by atoms with Crippen LogP contribution in [-0.2, 0) is 6.54 Å². The Hall–Kier alpha value is -3.62. The van der Waals surface area contributed by atoms with Gasteiger partial charge in [0.2, 0.25) is 0 Å². The third-order valence-electron chi connectivity index (χ3n) is 5.81. The minimum Gasteiger partial charge on any atom is -0.329 e. The topological polar surface area (TPSA) is 94.6 Å². The molecule has 0 unspecified atom stereocenters. The van der Waals surface area contributed by atoms with Gasteiger partial charge in [-0.25, -0.2) is 9.97 Å². The Labute approximate surface area is 172 Å². The van der Waals surface area contributed by atoms with Gasteiger partial charge in [-0.15, -0.1) is 10.2 Å². The fourth-order valence-corrected chi connectivity index (χ4v) is 4.19. The Kier molecular flexibility index (Phi) is 3.71. The highest BCUT2D eigenvalue weighted by Crippen LogP contribution is 2.36. The molecule has 6 rings (SSSR count). The average molecular weight is 400 g/mol. The number of aromatic nitrogens is 7. The molecule has 0 radical (unpaired) electrons. The molecule has 0 saturated heterocycles. The van der Waals surface area contributed by atoms with Gasteiger partial charge in [-0.2, -0.15) is 0 Å². The third kappa shape index (κ3) is 2.69. The molecule has 9 heteroatoms. The van der Waals surface area contributed by atoms with E-state index in [9.17, 15) is 4.79 Å². The van der Waals surface area contributed by atoms with Crippen molar-refractivity contribution in [2.45, 2.75) is 38.4 Å². The second kappa shape index (κ2) is 6.45. The summed E-state index contributed by atoms with van der Waals surface area (Å²) in [7, 11) is 0. The molecule has 30 heavy (non-hydrogen) atoms. The molecule has 0 spiro atoms. The van der Waals surface area contributed by atoms with Crippen LogP contribution < -0.4 is 0 Å². The Morgan fingerprint density at radius 2 is 2.03 bits per heavy atom. The summed E-state index contributed by atoms with van der Waals surface area (Å²) >= 11 is 0. The summed E-state index contributed by atoms with van der Waals surface area (Å²) in [5, 5.41) is 8.68. The van der Waals surface area contributed by atoms with Crippen molar-refractivity contribution in [1.82, 2.24) is 39.2 Å². The van der Waals surface area contributed by atoms with Crippen LogP contribution in [0.3, 0.4) is 0 Å². The van der Waals surface area contributed by atoms with E-state index in [1.54, 1.807) is 17.3 Å². The van der Waals surface area contributed by atoms with Crippen molar-refractivity contribution in [2.75, 3.05) is 6.54 Å². The highest BCUT2D eigenvalue weighted by molar-refractivity contribution is 5.96. The lowest BCUT2D eigenvalue weighted by molar-refractivity contribution is 0.0682. The Bertz CT molecular complexity index is 1260. The van der Waals surface area contributed by atoms with Crippen molar-refractivity contribution in [2.24, 2.45) is 0 Å². The summed E-state index contributed by atoms with van der Waals surface area (Å²) in [4.78, 5) is 28.4. The van der Waals surface area contributed by atoms with E-state index in [4.69, 9.17) is 0 Å². The molecule has 1 saturated carbocycles. The zero-order valence-corrected chi connectivity index (χ0v) is 16.5. The van der Waals surface area contributed by atoms with E-state index in [-0.39, 0.29) is 11.9 Å². The molecule has 4 aromatic heterocycles. The molecular weight excluding hydrogens is 380 g/mol. The minimum absolute atomic E-state index is 0.0375. The monoisotopic (exact) mass is 400 g/mol. The Morgan fingerprint density at radius 1 is 1.13 bits per heavy atom. The van der Waals surface area contributed by atoms with Gasteiger partial charge in [0.1, 0.15) is 11.2 Å². The quantitative estimate of drug-likeness (QED) is 0.525.